The Balaban J connectivity index is 0.00000176. The van der Waals surface area contributed by atoms with E-state index in [0.29, 0.717) is 12.0 Å². The molecule has 1 aliphatic heterocycles. The van der Waals surface area contributed by atoms with Crippen molar-refractivity contribution in [3.8, 4) is 0 Å². The van der Waals surface area contributed by atoms with Crippen molar-refractivity contribution in [2.24, 2.45) is 5.92 Å². The van der Waals surface area contributed by atoms with Crippen LogP contribution in [0.1, 0.15) is 44.6 Å². The molecule has 3 rings (SSSR count). The number of likely N-dealkylation sites (tertiary alicyclic amines) is 1. The van der Waals surface area contributed by atoms with Gasteiger partial charge in [-0.2, -0.15) is 0 Å². The molecule has 0 amide bonds. The minimum absolute atomic E-state index is 0. The van der Waals surface area contributed by atoms with Crippen molar-refractivity contribution < 1.29 is 21.9 Å². The average Bonchev–Trinajstić information content (AvgIpc) is 2.51. The second-order valence-electron chi connectivity index (χ2n) is 6.54. The summed E-state index contributed by atoms with van der Waals surface area (Å²) in [6.07, 6.45) is 5.80. The Morgan fingerprint density at radius 3 is 2.59 bits per heavy atom. The number of rotatable bonds is 2. The Bertz CT molecular complexity index is 507. The van der Waals surface area contributed by atoms with E-state index < -0.39 is 5.60 Å². The summed E-state index contributed by atoms with van der Waals surface area (Å²) in [5.74, 6) is 0.254. The van der Waals surface area contributed by atoms with Crippen molar-refractivity contribution in [3.05, 3.63) is 35.9 Å². The van der Waals surface area contributed by atoms with Gasteiger partial charge >= 0.3 is 5.97 Å². The maximum atomic E-state index is 11.8. The van der Waals surface area contributed by atoms with Crippen LogP contribution < -0.4 is 12.4 Å². The van der Waals surface area contributed by atoms with Crippen molar-refractivity contribution in [2.45, 2.75) is 50.7 Å². The van der Waals surface area contributed by atoms with Gasteiger partial charge < -0.3 is 22.0 Å². The molecule has 1 saturated heterocycles. The summed E-state index contributed by atoms with van der Waals surface area (Å²) in [7, 11) is 2.21. The molecule has 0 N–H and O–H groups in total. The fourth-order valence-electron chi connectivity index (χ4n) is 4.40. The largest absolute Gasteiger partial charge is 1.00 e. The number of piperidine rings is 1. The maximum Gasteiger partial charge on any atom is 0.303 e. The zero-order valence-corrected chi connectivity index (χ0v) is 14.2. The highest BCUT2D eigenvalue weighted by molar-refractivity contribution is 5.67. The Morgan fingerprint density at radius 1 is 1.23 bits per heavy atom. The number of halogens is 1. The van der Waals surface area contributed by atoms with E-state index in [-0.39, 0.29) is 18.4 Å². The molecule has 122 valence electrons. The van der Waals surface area contributed by atoms with E-state index >= 15 is 0 Å². The standard InChI is InChI=1S/C18H25NO2.ClH/c1-14(20)21-18(15-8-4-3-5-9-15)12-13-19(2)17-11-7-6-10-16(17)18;/h3-5,8-9,16-17H,6-7,10-13H2,1-2H3;1H/p-1. The second-order valence-corrected chi connectivity index (χ2v) is 6.54. The first kappa shape index (κ1) is 17.3. The Kier molecular flexibility index (Phi) is 5.51. The topological polar surface area (TPSA) is 29.5 Å². The summed E-state index contributed by atoms with van der Waals surface area (Å²) in [5, 5.41) is 0. The monoisotopic (exact) mass is 322 g/mol. The Hall–Kier alpha value is -1.06. The van der Waals surface area contributed by atoms with Gasteiger partial charge in [-0.25, -0.2) is 0 Å². The van der Waals surface area contributed by atoms with Crippen LogP contribution in [0.25, 0.3) is 0 Å². The molecular formula is C18H25ClNO2-. The van der Waals surface area contributed by atoms with E-state index in [0.717, 1.165) is 19.4 Å². The molecule has 1 saturated carbocycles. The van der Waals surface area contributed by atoms with E-state index in [9.17, 15) is 4.79 Å². The van der Waals surface area contributed by atoms with E-state index in [4.69, 9.17) is 4.74 Å². The van der Waals surface area contributed by atoms with Crippen LogP contribution in [0.4, 0.5) is 0 Å². The van der Waals surface area contributed by atoms with Crippen LogP contribution in [-0.2, 0) is 15.1 Å². The molecule has 3 unspecified atom stereocenters. The number of hydrogen-bond acceptors (Lipinski definition) is 3. The molecule has 2 fully saturated rings. The minimum Gasteiger partial charge on any atom is -1.00 e. The van der Waals surface area contributed by atoms with Gasteiger partial charge in [0, 0.05) is 31.8 Å². The highest BCUT2D eigenvalue weighted by atomic mass is 35.5. The van der Waals surface area contributed by atoms with Crippen LogP contribution >= 0.6 is 0 Å². The van der Waals surface area contributed by atoms with Crippen molar-refractivity contribution >= 4 is 5.97 Å². The average molecular weight is 323 g/mol. The molecule has 1 aromatic rings. The third-order valence-corrected chi connectivity index (χ3v) is 5.32. The number of fused-ring (bicyclic) bond motifs is 1. The molecule has 2 aliphatic rings. The fourth-order valence-corrected chi connectivity index (χ4v) is 4.40. The second kappa shape index (κ2) is 7.01. The third kappa shape index (κ3) is 3.02. The summed E-state index contributed by atoms with van der Waals surface area (Å²) in [6.45, 7) is 2.53. The lowest BCUT2D eigenvalue weighted by Gasteiger charge is -2.53. The first-order valence-corrected chi connectivity index (χ1v) is 8.09. The normalized spacial score (nSPS) is 31.7. The van der Waals surface area contributed by atoms with Gasteiger partial charge in [-0.3, -0.25) is 4.79 Å². The van der Waals surface area contributed by atoms with Gasteiger partial charge in [-0.15, -0.1) is 0 Å². The maximum absolute atomic E-state index is 11.8. The van der Waals surface area contributed by atoms with Crippen molar-refractivity contribution in [3.63, 3.8) is 0 Å². The zero-order valence-electron chi connectivity index (χ0n) is 13.4. The van der Waals surface area contributed by atoms with Crippen LogP contribution in [0, 0.1) is 5.92 Å². The molecular weight excluding hydrogens is 298 g/mol. The third-order valence-electron chi connectivity index (χ3n) is 5.32. The van der Waals surface area contributed by atoms with E-state index in [1.807, 2.05) is 6.07 Å². The molecule has 0 spiro atoms. The molecule has 22 heavy (non-hydrogen) atoms. The molecule has 1 heterocycles. The van der Waals surface area contributed by atoms with Crippen LogP contribution in [-0.4, -0.2) is 30.5 Å². The SMILES string of the molecule is CC(=O)OC1(c2ccccc2)CCN(C)C2CCCCC21.[Cl-]. The van der Waals surface area contributed by atoms with Crippen LogP contribution in [0.2, 0.25) is 0 Å². The van der Waals surface area contributed by atoms with E-state index in [1.165, 1.54) is 24.8 Å². The number of benzene rings is 1. The van der Waals surface area contributed by atoms with E-state index in [1.54, 1.807) is 6.92 Å². The number of esters is 1. The van der Waals surface area contributed by atoms with Gasteiger partial charge in [-0.05, 0) is 25.5 Å². The van der Waals surface area contributed by atoms with Gasteiger partial charge in [0.25, 0.3) is 0 Å². The van der Waals surface area contributed by atoms with Crippen LogP contribution in [0.15, 0.2) is 30.3 Å². The highest BCUT2D eigenvalue weighted by Crippen LogP contribution is 2.48. The highest BCUT2D eigenvalue weighted by Gasteiger charge is 2.51. The van der Waals surface area contributed by atoms with Crippen molar-refractivity contribution in [1.82, 2.24) is 4.90 Å². The molecule has 0 radical (unpaired) electrons. The van der Waals surface area contributed by atoms with E-state index in [2.05, 4.69) is 36.2 Å². The lowest BCUT2D eigenvalue weighted by molar-refractivity contribution is -0.182. The summed E-state index contributed by atoms with van der Waals surface area (Å²) in [5.41, 5.74) is 0.746. The lowest BCUT2D eigenvalue weighted by atomic mass is 9.66. The van der Waals surface area contributed by atoms with Gasteiger partial charge in [0.1, 0.15) is 5.60 Å². The zero-order chi connectivity index (χ0) is 14.9. The molecule has 1 aliphatic carbocycles. The molecule has 1 aromatic carbocycles. The molecule has 0 bridgehead atoms. The van der Waals surface area contributed by atoms with Crippen LogP contribution in [0.3, 0.4) is 0 Å². The van der Waals surface area contributed by atoms with Crippen LogP contribution in [0.5, 0.6) is 0 Å². The summed E-state index contributed by atoms with van der Waals surface area (Å²) in [4.78, 5) is 14.3. The fraction of sp³-hybridized carbons (Fsp3) is 0.611. The summed E-state index contributed by atoms with van der Waals surface area (Å²) >= 11 is 0. The number of carbonyl (C=O) groups excluding carboxylic acids is 1. The first-order valence-electron chi connectivity index (χ1n) is 8.09. The molecule has 0 aromatic heterocycles. The minimum atomic E-state index is -0.426. The van der Waals surface area contributed by atoms with Gasteiger partial charge in [0.15, 0.2) is 0 Å². The molecule has 3 nitrogen and oxygen atoms in total. The van der Waals surface area contributed by atoms with Gasteiger partial charge in [0.2, 0.25) is 0 Å². The summed E-state index contributed by atoms with van der Waals surface area (Å²) < 4.78 is 6.02. The Labute approximate surface area is 139 Å². The number of carbonyl (C=O) groups is 1. The lowest BCUT2D eigenvalue weighted by Crippen LogP contribution is -3.00. The predicted molar refractivity (Wildman–Crippen MR) is 82.9 cm³/mol. The quantitative estimate of drug-likeness (QED) is 0.736. The van der Waals surface area contributed by atoms with Crippen molar-refractivity contribution in [1.29, 1.82) is 0 Å². The Morgan fingerprint density at radius 2 is 1.91 bits per heavy atom. The summed E-state index contributed by atoms with van der Waals surface area (Å²) in [6, 6.07) is 10.9. The first-order chi connectivity index (χ1) is 10.1. The molecule has 3 atom stereocenters. The number of ether oxygens (including phenoxy) is 1. The van der Waals surface area contributed by atoms with Gasteiger partial charge in [-0.1, -0.05) is 43.2 Å². The predicted octanol–water partition coefficient (Wildman–Crippen LogP) is 0.343. The number of nitrogens with zero attached hydrogens (tertiary/aromatic N) is 1. The number of hydrogen-bond donors (Lipinski definition) is 0. The van der Waals surface area contributed by atoms with Crippen molar-refractivity contribution in [2.75, 3.05) is 13.6 Å². The van der Waals surface area contributed by atoms with Gasteiger partial charge in [0.05, 0.1) is 0 Å². The molecule has 4 heteroatoms. The smallest absolute Gasteiger partial charge is 0.303 e.